The topological polar surface area (TPSA) is 74.1 Å². The Labute approximate surface area is 126 Å². The number of nitrogens with one attached hydrogen (secondary N) is 2. The molecule has 6 heteroatoms. The van der Waals surface area contributed by atoms with Crippen LogP contribution < -0.4 is 10.6 Å². The third kappa shape index (κ3) is 5.87. The van der Waals surface area contributed by atoms with Crippen molar-refractivity contribution >= 4 is 21.8 Å². The van der Waals surface area contributed by atoms with Gasteiger partial charge in [0, 0.05) is 30.9 Å². The molecule has 20 heavy (non-hydrogen) atoms. The maximum absolute atomic E-state index is 11.6. The van der Waals surface area contributed by atoms with Gasteiger partial charge in [0.25, 0.3) is 5.91 Å². The van der Waals surface area contributed by atoms with E-state index in [2.05, 4.69) is 26.6 Å². The van der Waals surface area contributed by atoms with Crippen LogP contribution in [0, 0.1) is 11.3 Å². The number of hydrogen-bond acceptors (Lipinski definition) is 4. The van der Waals surface area contributed by atoms with Crippen LogP contribution in [0.4, 0.5) is 0 Å². The first kappa shape index (κ1) is 16.2. The standard InChI is InChI=1S/C14H16BrN3O2/c1-20-7-6-18-14(19)12(8-16)10-17-9-11-2-4-13(15)5-3-11/h2-5,10,17H,6-7,9H2,1H3,(H,18,19)/b12-10-. The Balaban J connectivity index is 2.47. The Morgan fingerprint density at radius 2 is 2.15 bits per heavy atom. The van der Waals surface area contributed by atoms with E-state index in [1.165, 1.54) is 6.20 Å². The minimum Gasteiger partial charge on any atom is -0.386 e. The van der Waals surface area contributed by atoms with E-state index < -0.39 is 5.91 Å². The molecule has 0 radical (unpaired) electrons. The van der Waals surface area contributed by atoms with Crippen molar-refractivity contribution in [2.45, 2.75) is 6.54 Å². The molecule has 0 spiro atoms. The van der Waals surface area contributed by atoms with Crippen molar-refractivity contribution in [1.29, 1.82) is 5.26 Å². The fourth-order valence-electron chi connectivity index (χ4n) is 1.38. The number of amides is 1. The quantitative estimate of drug-likeness (QED) is 0.451. The maximum atomic E-state index is 11.6. The van der Waals surface area contributed by atoms with E-state index in [4.69, 9.17) is 10.00 Å². The van der Waals surface area contributed by atoms with Gasteiger partial charge in [0.15, 0.2) is 0 Å². The third-order valence-corrected chi connectivity index (χ3v) is 2.95. The fourth-order valence-corrected chi connectivity index (χ4v) is 1.65. The summed E-state index contributed by atoms with van der Waals surface area (Å²) in [5.74, 6) is -0.409. The van der Waals surface area contributed by atoms with Crippen molar-refractivity contribution in [2.24, 2.45) is 0 Å². The van der Waals surface area contributed by atoms with E-state index in [9.17, 15) is 4.79 Å². The van der Waals surface area contributed by atoms with E-state index in [-0.39, 0.29) is 5.57 Å². The molecule has 0 fully saturated rings. The van der Waals surface area contributed by atoms with Crippen LogP contribution in [0.1, 0.15) is 5.56 Å². The second kappa shape index (κ2) is 9.13. The number of hydrogen-bond donors (Lipinski definition) is 2. The number of nitriles is 1. The zero-order chi connectivity index (χ0) is 14.8. The smallest absolute Gasteiger partial charge is 0.263 e. The Morgan fingerprint density at radius 3 is 2.75 bits per heavy atom. The Hall–Kier alpha value is -1.84. The first-order valence-electron chi connectivity index (χ1n) is 6.02. The molecule has 0 bridgehead atoms. The summed E-state index contributed by atoms with van der Waals surface area (Å²) in [6.07, 6.45) is 1.42. The highest BCUT2D eigenvalue weighted by molar-refractivity contribution is 9.10. The second-order valence-electron chi connectivity index (χ2n) is 3.93. The summed E-state index contributed by atoms with van der Waals surface area (Å²) in [4.78, 5) is 11.6. The van der Waals surface area contributed by atoms with E-state index in [0.29, 0.717) is 19.7 Å². The van der Waals surface area contributed by atoms with Crippen LogP contribution in [-0.2, 0) is 16.1 Å². The van der Waals surface area contributed by atoms with E-state index >= 15 is 0 Å². The van der Waals surface area contributed by atoms with Crippen LogP contribution in [0.5, 0.6) is 0 Å². The summed E-state index contributed by atoms with van der Waals surface area (Å²) >= 11 is 3.36. The van der Waals surface area contributed by atoms with Gasteiger partial charge in [-0.2, -0.15) is 5.26 Å². The predicted molar refractivity (Wildman–Crippen MR) is 79.6 cm³/mol. The SMILES string of the molecule is COCCNC(=O)/C(C#N)=C\NCc1ccc(Br)cc1. The average molecular weight is 338 g/mol. The number of benzene rings is 1. The number of rotatable bonds is 7. The maximum Gasteiger partial charge on any atom is 0.263 e. The average Bonchev–Trinajstić information content (AvgIpc) is 2.45. The lowest BCUT2D eigenvalue weighted by molar-refractivity contribution is -0.117. The molecule has 1 amide bonds. The molecule has 5 nitrogen and oxygen atoms in total. The lowest BCUT2D eigenvalue weighted by atomic mass is 10.2. The Morgan fingerprint density at radius 1 is 1.45 bits per heavy atom. The van der Waals surface area contributed by atoms with Crippen LogP contribution in [0.15, 0.2) is 40.5 Å². The molecular formula is C14H16BrN3O2. The molecule has 106 valence electrons. The molecule has 2 N–H and O–H groups in total. The molecule has 0 aliphatic rings. The van der Waals surface area contributed by atoms with Crippen LogP contribution >= 0.6 is 15.9 Å². The van der Waals surface area contributed by atoms with Crippen molar-refractivity contribution in [2.75, 3.05) is 20.3 Å². The molecular weight excluding hydrogens is 322 g/mol. The predicted octanol–water partition coefficient (Wildman–Crippen LogP) is 1.71. The minimum absolute atomic E-state index is 0.0400. The molecule has 0 saturated carbocycles. The summed E-state index contributed by atoms with van der Waals surface area (Å²) in [5.41, 5.74) is 1.10. The summed E-state index contributed by atoms with van der Waals surface area (Å²) in [5, 5.41) is 14.5. The highest BCUT2D eigenvalue weighted by Gasteiger charge is 2.07. The van der Waals surface area contributed by atoms with Gasteiger partial charge in [-0.25, -0.2) is 0 Å². The van der Waals surface area contributed by atoms with Crippen molar-refractivity contribution < 1.29 is 9.53 Å². The molecule has 0 atom stereocenters. The van der Waals surface area contributed by atoms with Gasteiger partial charge in [0.1, 0.15) is 11.6 Å². The van der Waals surface area contributed by atoms with E-state index in [0.717, 1.165) is 10.0 Å². The second-order valence-corrected chi connectivity index (χ2v) is 4.84. The number of ether oxygens (including phenoxy) is 1. The first-order chi connectivity index (χ1) is 9.67. The Kier molecular flexibility index (Phi) is 7.40. The molecule has 0 aliphatic heterocycles. The van der Waals surface area contributed by atoms with Crippen LogP contribution in [0.2, 0.25) is 0 Å². The molecule has 0 aliphatic carbocycles. The zero-order valence-corrected chi connectivity index (χ0v) is 12.7. The lowest BCUT2D eigenvalue weighted by Crippen LogP contribution is -2.28. The van der Waals surface area contributed by atoms with Crippen LogP contribution in [-0.4, -0.2) is 26.2 Å². The lowest BCUT2D eigenvalue weighted by Gasteiger charge is -2.05. The van der Waals surface area contributed by atoms with Gasteiger partial charge < -0.3 is 15.4 Å². The molecule has 0 saturated heterocycles. The zero-order valence-electron chi connectivity index (χ0n) is 11.1. The highest BCUT2D eigenvalue weighted by Crippen LogP contribution is 2.10. The number of methoxy groups -OCH3 is 1. The number of carbonyl (C=O) groups is 1. The molecule has 0 aromatic heterocycles. The van der Waals surface area contributed by atoms with Gasteiger partial charge >= 0.3 is 0 Å². The highest BCUT2D eigenvalue weighted by atomic mass is 79.9. The van der Waals surface area contributed by atoms with Gasteiger partial charge in [0.2, 0.25) is 0 Å². The number of carbonyl (C=O) groups excluding carboxylic acids is 1. The summed E-state index contributed by atoms with van der Waals surface area (Å²) < 4.78 is 5.82. The number of halogens is 1. The van der Waals surface area contributed by atoms with Gasteiger partial charge in [-0.1, -0.05) is 28.1 Å². The monoisotopic (exact) mass is 337 g/mol. The van der Waals surface area contributed by atoms with Crippen molar-refractivity contribution in [1.82, 2.24) is 10.6 Å². The first-order valence-corrected chi connectivity index (χ1v) is 6.82. The molecule has 0 heterocycles. The van der Waals surface area contributed by atoms with E-state index in [1.807, 2.05) is 30.3 Å². The Bertz CT molecular complexity index is 506. The van der Waals surface area contributed by atoms with Gasteiger partial charge in [-0.05, 0) is 17.7 Å². The van der Waals surface area contributed by atoms with Crippen molar-refractivity contribution in [3.8, 4) is 6.07 Å². The molecule has 1 aromatic carbocycles. The van der Waals surface area contributed by atoms with Crippen LogP contribution in [0.3, 0.4) is 0 Å². The van der Waals surface area contributed by atoms with E-state index in [1.54, 1.807) is 7.11 Å². The van der Waals surface area contributed by atoms with Crippen molar-refractivity contribution in [3.63, 3.8) is 0 Å². The number of nitrogens with zero attached hydrogens (tertiary/aromatic N) is 1. The third-order valence-electron chi connectivity index (χ3n) is 2.42. The van der Waals surface area contributed by atoms with Gasteiger partial charge in [-0.15, -0.1) is 0 Å². The molecule has 1 aromatic rings. The molecule has 1 rings (SSSR count). The summed E-state index contributed by atoms with van der Waals surface area (Å²) in [6, 6.07) is 9.64. The molecule has 0 unspecified atom stereocenters. The summed E-state index contributed by atoms with van der Waals surface area (Å²) in [6.45, 7) is 1.33. The van der Waals surface area contributed by atoms with Gasteiger partial charge in [0.05, 0.1) is 6.61 Å². The normalized spacial score (nSPS) is 10.8. The van der Waals surface area contributed by atoms with Gasteiger partial charge in [-0.3, -0.25) is 4.79 Å². The summed E-state index contributed by atoms with van der Waals surface area (Å²) in [7, 11) is 1.55. The van der Waals surface area contributed by atoms with Crippen molar-refractivity contribution in [3.05, 3.63) is 46.1 Å². The minimum atomic E-state index is -0.409. The largest absolute Gasteiger partial charge is 0.386 e. The van der Waals surface area contributed by atoms with Crippen LogP contribution in [0.25, 0.3) is 0 Å². The fraction of sp³-hybridized carbons (Fsp3) is 0.286.